The fourth-order valence-corrected chi connectivity index (χ4v) is 1.66. The molecule has 0 bridgehead atoms. The molecule has 1 unspecified atom stereocenters. The Morgan fingerprint density at radius 1 is 1.58 bits per heavy atom. The minimum atomic E-state index is -0.388. The first-order valence-corrected chi connectivity index (χ1v) is 6.17. The third kappa shape index (κ3) is 4.84. The Morgan fingerprint density at radius 3 is 2.89 bits per heavy atom. The fraction of sp³-hybridized carbons (Fsp3) is 0.462. The second-order valence-electron chi connectivity index (χ2n) is 4.19. The highest BCUT2D eigenvalue weighted by atomic mass is 19.1. The summed E-state index contributed by atoms with van der Waals surface area (Å²) >= 11 is 0. The average Bonchev–Trinajstić information content (AvgIpc) is 2.40. The molecule has 1 atom stereocenters. The number of hydrogen-bond acceptors (Lipinski definition) is 4. The molecule has 0 spiro atoms. The van der Waals surface area contributed by atoms with Crippen LogP contribution in [0.25, 0.3) is 0 Å². The summed E-state index contributed by atoms with van der Waals surface area (Å²) < 4.78 is 19.1. The molecule has 19 heavy (non-hydrogen) atoms. The van der Waals surface area contributed by atoms with Gasteiger partial charge in [-0.1, -0.05) is 17.3 Å². The lowest BCUT2D eigenvalue weighted by Gasteiger charge is -2.13. The third-order valence-electron chi connectivity index (χ3n) is 2.65. The summed E-state index contributed by atoms with van der Waals surface area (Å²) in [5.74, 6) is -0.496. The lowest BCUT2D eigenvalue weighted by Crippen LogP contribution is -2.26. The Kier molecular flexibility index (Phi) is 6.24. The van der Waals surface area contributed by atoms with Gasteiger partial charge in [-0.05, 0) is 19.9 Å². The van der Waals surface area contributed by atoms with Gasteiger partial charge in [0.2, 0.25) is 0 Å². The Balaban J connectivity index is 2.56. The van der Waals surface area contributed by atoms with E-state index in [0.717, 1.165) is 0 Å². The fourth-order valence-electron chi connectivity index (χ4n) is 1.66. The zero-order valence-electron chi connectivity index (χ0n) is 11.2. The van der Waals surface area contributed by atoms with Gasteiger partial charge in [-0.2, -0.15) is 0 Å². The number of hydrogen-bond donors (Lipinski definition) is 3. The van der Waals surface area contributed by atoms with E-state index in [1.54, 1.807) is 12.1 Å². The summed E-state index contributed by atoms with van der Waals surface area (Å²) in [5.41, 5.74) is 6.27. The highest BCUT2D eigenvalue weighted by Gasteiger charge is 2.07. The van der Waals surface area contributed by atoms with Crippen molar-refractivity contribution < 1.29 is 14.3 Å². The number of benzene rings is 1. The van der Waals surface area contributed by atoms with Crippen LogP contribution in [0, 0.1) is 5.82 Å². The van der Waals surface area contributed by atoms with Crippen LogP contribution in [0.5, 0.6) is 0 Å². The van der Waals surface area contributed by atoms with Crippen LogP contribution in [-0.4, -0.2) is 30.3 Å². The monoisotopic (exact) mass is 269 g/mol. The molecular weight excluding hydrogens is 249 g/mol. The van der Waals surface area contributed by atoms with Crippen LogP contribution in [-0.2, 0) is 11.3 Å². The van der Waals surface area contributed by atoms with Gasteiger partial charge in [-0.3, -0.25) is 0 Å². The molecule has 0 heterocycles. The molecule has 0 radical (unpaired) electrons. The summed E-state index contributed by atoms with van der Waals surface area (Å²) in [6, 6.07) is 4.47. The standard InChI is InChI=1S/C13H20FN3O2/c1-3-19-9(2)7-16-8-11-5-4-10(6-12(11)14)13(15)17-18/h4-6,9,16,18H,3,7-8H2,1-2H3,(H2,15,17). The summed E-state index contributed by atoms with van der Waals surface area (Å²) in [5, 5.41) is 14.5. The van der Waals surface area contributed by atoms with E-state index in [-0.39, 0.29) is 17.8 Å². The highest BCUT2D eigenvalue weighted by molar-refractivity contribution is 5.97. The number of amidine groups is 1. The van der Waals surface area contributed by atoms with Gasteiger partial charge in [0, 0.05) is 30.8 Å². The zero-order valence-corrected chi connectivity index (χ0v) is 11.2. The molecule has 0 aliphatic rings. The second kappa shape index (κ2) is 7.70. The van der Waals surface area contributed by atoms with Gasteiger partial charge in [-0.15, -0.1) is 0 Å². The van der Waals surface area contributed by atoms with E-state index in [1.165, 1.54) is 6.07 Å². The van der Waals surface area contributed by atoms with Gasteiger partial charge in [-0.25, -0.2) is 4.39 Å². The molecule has 0 amide bonds. The maximum Gasteiger partial charge on any atom is 0.170 e. The van der Waals surface area contributed by atoms with E-state index >= 15 is 0 Å². The van der Waals surface area contributed by atoms with E-state index in [4.69, 9.17) is 15.7 Å². The minimum Gasteiger partial charge on any atom is -0.409 e. The van der Waals surface area contributed by atoms with Crippen molar-refractivity contribution in [2.75, 3.05) is 13.2 Å². The van der Waals surface area contributed by atoms with Crippen molar-refractivity contribution in [3.63, 3.8) is 0 Å². The van der Waals surface area contributed by atoms with E-state index in [9.17, 15) is 4.39 Å². The van der Waals surface area contributed by atoms with Crippen LogP contribution in [0.3, 0.4) is 0 Å². The summed E-state index contributed by atoms with van der Waals surface area (Å²) in [4.78, 5) is 0. The van der Waals surface area contributed by atoms with E-state index in [2.05, 4.69) is 10.5 Å². The first kappa shape index (κ1) is 15.4. The van der Waals surface area contributed by atoms with Crippen LogP contribution < -0.4 is 11.1 Å². The van der Waals surface area contributed by atoms with E-state index in [1.807, 2.05) is 13.8 Å². The largest absolute Gasteiger partial charge is 0.409 e. The Hall–Kier alpha value is -1.66. The lowest BCUT2D eigenvalue weighted by atomic mass is 10.1. The van der Waals surface area contributed by atoms with Gasteiger partial charge in [0.05, 0.1) is 6.10 Å². The molecule has 4 N–H and O–H groups in total. The molecule has 0 aliphatic carbocycles. The SMILES string of the molecule is CCOC(C)CNCc1ccc(/C(N)=N/O)cc1F. The molecule has 0 aliphatic heterocycles. The quantitative estimate of drug-likeness (QED) is 0.303. The lowest BCUT2D eigenvalue weighted by molar-refractivity contribution is 0.0759. The van der Waals surface area contributed by atoms with Crippen molar-refractivity contribution in [3.05, 3.63) is 35.1 Å². The summed E-state index contributed by atoms with van der Waals surface area (Å²) in [6.45, 7) is 5.59. The molecule has 1 aromatic rings. The van der Waals surface area contributed by atoms with Gasteiger partial charge < -0.3 is 21.0 Å². The summed E-state index contributed by atoms with van der Waals surface area (Å²) in [6.07, 6.45) is 0.0875. The van der Waals surface area contributed by atoms with Crippen LogP contribution in [0.2, 0.25) is 0 Å². The number of nitrogens with two attached hydrogens (primary N) is 1. The predicted molar refractivity (Wildman–Crippen MR) is 71.7 cm³/mol. The number of oxime groups is 1. The molecule has 1 aromatic carbocycles. The Labute approximate surface area is 112 Å². The van der Waals surface area contributed by atoms with Crippen molar-refractivity contribution >= 4 is 5.84 Å². The number of rotatable bonds is 7. The van der Waals surface area contributed by atoms with Crippen LogP contribution in [0.15, 0.2) is 23.4 Å². The van der Waals surface area contributed by atoms with Crippen molar-refractivity contribution in [1.82, 2.24) is 5.32 Å². The van der Waals surface area contributed by atoms with Gasteiger partial charge in [0.1, 0.15) is 5.82 Å². The normalized spacial score (nSPS) is 13.5. The van der Waals surface area contributed by atoms with Crippen molar-refractivity contribution in [2.24, 2.45) is 10.9 Å². The second-order valence-corrected chi connectivity index (χ2v) is 4.19. The predicted octanol–water partition coefficient (Wildman–Crippen LogP) is 1.43. The van der Waals surface area contributed by atoms with E-state index < -0.39 is 0 Å². The van der Waals surface area contributed by atoms with Crippen LogP contribution >= 0.6 is 0 Å². The molecule has 1 rings (SSSR count). The number of halogens is 1. The molecule has 6 heteroatoms. The number of ether oxygens (including phenoxy) is 1. The topological polar surface area (TPSA) is 79.9 Å². The summed E-state index contributed by atoms with van der Waals surface area (Å²) in [7, 11) is 0. The average molecular weight is 269 g/mol. The molecule has 0 saturated heterocycles. The maximum absolute atomic E-state index is 13.8. The molecule has 106 valence electrons. The van der Waals surface area contributed by atoms with Crippen molar-refractivity contribution in [3.8, 4) is 0 Å². The Bertz CT molecular complexity index is 438. The van der Waals surface area contributed by atoms with Gasteiger partial charge >= 0.3 is 0 Å². The maximum atomic E-state index is 13.8. The van der Waals surface area contributed by atoms with Gasteiger partial charge in [0.15, 0.2) is 5.84 Å². The number of nitrogens with one attached hydrogen (secondary N) is 1. The third-order valence-corrected chi connectivity index (χ3v) is 2.65. The van der Waals surface area contributed by atoms with Crippen LogP contribution in [0.4, 0.5) is 4.39 Å². The molecular formula is C13H20FN3O2. The minimum absolute atomic E-state index is 0.0875. The first-order chi connectivity index (χ1) is 9.08. The first-order valence-electron chi connectivity index (χ1n) is 6.17. The Morgan fingerprint density at radius 2 is 2.32 bits per heavy atom. The van der Waals surface area contributed by atoms with Gasteiger partial charge in [0.25, 0.3) is 0 Å². The zero-order chi connectivity index (χ0) is 14.3. The highest BCUT2D eigenvalue weighted by Crippen LogP contribution is 2.10. The van der Waals surface area contributed by atoms with Crippen LogP contribution in [0.1, 0.15) is 25.0 Å². The molecule has 0 aromatic heterocycles. The molecule has 5 nitrogen and oxygen atoms in total. The van der Waals surface area contributed by atoms with E-state index in [0.29, 0.717) is 30.8 Å². The van der Waals surface area contributed by atoms with Crippen molar-refractivity contribution in [2.45, 2.75) is 26.5 Å². The van der Waals surface area contributed by atoms with Crippen molar-refractivity contribution in [1.29, 1.82) is 0 Å². The number of nitrogens with zero attached hydrogens (tertiary/aromatic N) is 1. The molecule has 0 saturated carbocycles. The smallest absolute Gasteiger partial charge is 0.170 e. The molecule has 0 fully saturated rings.